The second-order valence-corrected chi connectivity index (χ2v) is 3.74. The van der Waals surface area contributed by atoms with Gasteiger partial charge in [-0.3, -0.25) is 0 Å². The van der Waals surface area contributed by atoms with Gasteiger partial charge in [-0.2, -0.15) is 4.80 Å². The second-order valence-electron chi connectivity index (χ2n) is 3.74. The first-order valence-corrected chi connectivity index (χ1v) is 5.44. The van der Waals surface area contributed by atoms with Crippen LogP contribution >= 0.6 is 0 Å². The zero-order valence-electron chi connectivity index (χ0n) is 9.61. The maximum Gasteiger partial charge on any atom is 0.204 e. The van der Waals surface area contributed by atoms with Crippen molar-refractivity contribution >= 4 is 0 Å². The Morgan fingerprint density at radius 3 is 2.82 bits per heavy atom. The van der Waals surface area contributed by atoms with Gasteiger partial charge in [0, 0.05) is 6.54 Å². The van der Waals surface area contributed by atoms with E-state index < -0.39 is 6.10 Å². The van der Waals surface area contributed by atoms with Gasteiger partial charge in [-0.15, -0.1) is 10.2 Å². The molecule has 0 spiro atoms. The Labute approximate surface area is 99.3 Å². The van der Waals surface area contributed by atoms with E-state index >= 15 is 0 Å². The first kappa shape index (κ1) is 11.7. The Kier molecular flexibility index (Phi) is 3.79. The van der Waals surface area contributed by atoms with Crippen LogP contribution in [-0.4, -0.2) is 38.9 Å². The normalized spacial score (nSPS) is 12.6. The van der Waals surface area contributed by atoms with Crippen LogP contribution in [0.1, 0.15) is 17.5 Å². The molecule has 1 unspecified atom stereocenters. The van der Waals surface area contributed by atoms with Crippen LogP contribution in [-0.2, 0) is 6.54 Å². The summed E-state index contributed by atoms with van der Waals surface area (Å²) in [6, 6.07) is 9.87. The molecule has 1 atom stereocenters. The predicted molar refractivity (Wildman–Crippen MR) is 62.2 cm³/mol. The fourth-order valence-corrected chi connectivity index (χ4v) is 1.49. The SMILES string of the molecule is CNCC(O)c1nnn(Cc2ccccc2)n1. The molecule has 0 saturated heterocycles. The van der Waals surface area contributed by atoms with E-state index in [1.54, 1.807) is 7.05 Å². The molecule has 90 valence electrons. The van der Waals surface area contributed by atoms with Crippen LogP contribution in [0, 0.1) is 0 Å². The molecule has 0 aliphatic heterocycles. The number of nitrogens with zero attached hydrogens (tertiary/aromatic N) is 4. The molecule has 17 heavy (non-hydrogen) atoms. The number of likely N-dealkylation sites (N-methyl/N-ethyl adjacent to an activating group) is 1. The Morgan fingerprint density at radius 1 is 1.35 bits per heavy atom. The maximum atomic E-state index is 9.66. The van der Waals surface area contributed by atoms with Crippen molar-refractivity contribution in [3.05, 3.63) is 41.7 Å². The van der Waals surface area contributed by atoms with Gasteiger partial charge >= 0.3 is 0 Å². The lowest BCUT2D eigenvalue weighted by Gasteiger charge is -2.03. The zero-order chi connectivity index (χ0) is 12.1. The summed E-state index contributed by atoms with van der Waals surface area (Å²) in [6.45, 7) is 0.969. The van der Waals surface area contributed by atoms with Crippen LogP contribution in [0.2, 0.25) is 0 Å². The lowest BCUT2D eigenvalue weighted by molar-refractivity contribution is 0.167. The van der Waals surface area contributed by atoms with Crippen LogP contribution in [0.5, 0.6) is 0 Å². The summed E-state index contributed by atoms with van der Waals surface area (Å²) < 4.78 is 0. The number of aliphatic hydroxyl groups is 1. The smallest absolute Gasteiger partial charge is 0.204 e. The highest BCUT2D eigenvalue weighted by atomic mass is 16.3. The van der Waals surface area contributed by atoms with E-state index in [1.807, 2.05) is 30.3 Å². The van der Waals surface area contributed by atoms with Crippen molar-refractivity contribution in [1.29, 1.82) is 0 Å². The van der Waals surface area contributed by atoms with Gasteiger partial charge in [0.05, 0.1) is 6.54 Å². The van der Waals surface area contributed by atoms with E-state index in [0.29, 0.717) is 18.9 Å². The van der Waals surface area contributed by atoms with Gasteiger partial charge in [0.2, 0.25) is 5.82 Å². The molecule has 0 bridgehead atoms. The topological polar surface area (TPSA) is 75.9 Å². The summed E-state index contributed by atoms with van der Waals surface area (Å²) in [5.41, 5.74) is 1.10. The molecule has 0 amide bonds. The number of aliphatic hydroxyl groups excluding tert-OH is 1. The molecular weight excluding hydrogens is 218 g/mol. The molecule has 0 aliphatic rings. The summed E-state index contributed by atoms with van der Waals surface area (Å²) in [5.74, 6) is 0.343. The lowest BCUT2D eigenvalue weighted by Crippen LogP contribution is -2.18. The minimum atomic E-state index is -0.718. The first-order valence-electron chi connectivity index (χ1n) is 5.44. The average molecular weight is 233 g/mol. The predicted octanol–water partition coefficient (Wildman–Crippen LogP) is -0.0258. The van der Waals surface area contributed by atoms with Crippen LogP contribution in [0.15, 0.2) is 30.3 Å². The number of aromatic nitrogens is 4. The molecule has 6 heteroatoms. The molecule has 2 aromatic rings. The summed E-state index contributed by atoms with van der Waals surface area (Å²) in [6.07, 6.45) is -0.718. The molecule has 0 aliphatic carbocycles. The van der Waals surface area contributed by atoms with Crippen molar-refractivity contribution in [2.45, 2.75) is 12.6 Å². The number of nitrogens with one attached hydrogen (secondary N) is 1. The van der Waals surface area contributed by atoms with Crippen molar-refractivity contribution in [2.75, 3.05) is 13.6 Å². The molecular formula is C11H15N5O. The number of hydrogen-bond acceptors (Lipinski definition) is 5. The Morgan fingerprint density at radius 2 is 2.12 bits per heavy atom. The van der Waals surface area contributed by atoms with Gasteiger partial charge in [0.15, 0.2) is 0 Å². The fourth-order valence-electron chi connectivity index (χ4n) is 1.49. The molecule has 1 aromatic carbocycles. The Balaban J connectivity index is 2.04. The highest BCUT2D eigenvalue weighted by Gasteiger charge is 2.12. The molecule has 2 N–H and O–H groups in total. The van der Waals surface area contributed by atoms with Crippen LogP contribution in [0.25, 0.3) is 0 Å². The van der Waals surface area contributed by atoms with E-state index in [1.165, 1.54) is 4.80 Å². The first-order chi connectivity index (χ1) is 8.29. The summed E-state index contributed by atoms with van der Waals surface area (Å²) in [5, 5.41) is 24.4. The average Bonchev–Trinajstić information content (AvgIpc) is 2.79. The third-order valence-corrected chi connectivity index (χ3v) is 2.33. The number of benzene rings is 1. The third-order valence-electron chi connectivity index (χ3n) is 2.33. The monoisotopic (exact) mass is 233 g/mol. The van der Waals surface area contributed by atoms with Crippen molar-refractivity contribution in [3.8, 4) is 0 Å². The lowest BCUT2D eigenvalue weighted by atomic mass is 10.2. The zero-order valence-corrected chi connectivity index (χ0v) is 9.61. The second kappa shape index (κ2) is 5.51. The van der Waals surface area contributed by atoms with Gasteiger partial charge in [0.1, 0.15) is 6.10 Å². The van der Waals surface area contributed by atoms with E-state index in [-0.39, 0.29) is 0 Å². The van der Waals surface area contributed by atoms with E-state index in [9.17, 15) is 5.11 Å². The van der Waals surface area contributed by atoms with Crippen LogP contribution < -0.4 is 5.32 Å². The molecule has 1 aromatic heterocycles. The molecule has 0 saturated carbocycles. The molecule has 2 rings (SSSR count). The Hall–Kier alpha value is -1.79. The van der Waals surface area contributed by atoms with E-state index in [4.69, 9.17) is 0 Å². The summed E-state index contributed by atoms with van der Waals surface area (Å²) >= 11 is 0. The highest BCUT2D eigenvalue weighted by Crippen LogP contribution is 2.05. The van der Waals surface area contributed by atoms with Gasteiger partial charge in [-0.25, -0.2) is 0 Å². The van der Waals surface area contributed by atoms with Crippen LogP contribution in [0.4, 0.5) is 0 Å². The third kappa shape index (κ3) is 3.08. The quantitative estimate of drug-likeness (QED) is 0.758. The minimum Gasteiger partial charge on any atom is -0.384 e. The molecule has 1 heterocycles. The standard InChI is InChI=1S/C11H15N5O/c1-12-7-10(17)11-13-15-16(14-11)8-9-5-3-2-4-6-9/h2-6,10,12,17H,7-8H2,1H3. The summed E-state index contributed by atoms with van der Waals surface area (Å²) in [7, 11) is 1.76. The molecule has 6 nitrogen and oxygen atoms in total. The van der Waals surface area contributed by atoms with Gasteiger partial charge in [-0.1, -0.05) is 30.3 Å². The molecule has 0 radical (unpaired) electrons. The van der Waals surface area contributed by atoms with Gasteiger partial charge in [0.25, 0.3) is 0 Å². The van der Waals surface area contributed by atoms with Crippen molar-refractivity contribution in [3.63, 3.8) is 0 Å². The number of hydrogen-bond donors (Lipinski definition) is 2. The summed E-state index contributed by atoms with van der Waals surface area (Å²) in [4.78, 5) is 1.48. The van der Waals surface area contributed by atoms with E-state index in [2.05, 4.69) is 20.7 Å². The largest absolute Gasteiger partial charge is 0.384 e. The van der Waals surface area contributed by atoms with Gasteiger partial charge in [-0.05, 0) is 17.8 Å². The Bertz CT molecular complexity index is 456. The minimum absolute atomic E-state index is 0.343. The van der Waals surface area contributed by atoms with Crippen LogP contribution in [0.3, 0.4) is 0 Å². The fraction of sp³-hybridized carbons (Fsp3) is 0.364. The maximum absolute atomic E-state index is 9.66. The van der Waals surface area contributed by atoms with Crippen molar-refractivity contribution < 1.29 is 5.11 Å². The number of rotatable bonds is 5. The van der Waals surface area contributed by atoms with E-state index in [0.717, 1.165) is 5.56 Å². The van der Waals surface area contributed by atoms with Gasteiger partial charge < -0.3 is 10.4 Å². The molecule has 0 fully saturated rings. The highest BCUT2D eigenvalue weighted by molar-refractivity contribution is 5.14. The van der Waals surface area contributed by atoms with Crippen molar-refractivity contribution in [1.82, 2.24) is 25.5 Å². The van der Waals surface area contributed by atoms with Crippen molar-refractivity contribution in [2.24, 2.45) is 0 Å². The number of tetrazole rings is 1.